The van der Waals surface area contributed by atoms with Crippen LogP contribution in [0.3, 0.4) is 0 Å². The highest BCUT2D eigenvalue weighted by molar-refractivity contribution is 6.10. The molecule has 1 spiro atoms. The lowest BCUT2D eigenvalue weighted by atomic mass is 9.68. The van der Waals surface area contributed by atoms with Crippen molar-refractivity contribution in [2.24, 2.45) is 5.41 Å². The van der Waals surface area contributed by atoms with Crippen LogP contribution in [0.4, 0.5) is 0 Å². The van der Waals surface area contributed by atoms with Crippen molar-refractivity contribution >= 4 is 5.78 Å². The number of carbonyl (C=O) groups excluding carboxylic acids is 1. The first kappa shape index (κ1) is 12.3. The second kappa shape index (κ2) is 3.22. The van der Waals surface area contributed by atoms with Gasteiger partial charge in [0.25, 0.3) is 5.70 Å². The molecule has 0 aliphatic heterocycles. The summed E-state index contributed by atoms with van der Waals surface area (Å²) in [5, 5.41) is 21.8. The van der Waals surface area contributed by atoms with Gasteiger partial charge in [0.15, 0.2) is 5.78 Å². The van der Waals surface area contributed by atoms with Crippen LogP contribution in [0.5, 0.6) is 0 Å². The number of nitrogens with zero attached hydrogens (tertiary/aromatic N) is 1. The first-order valence-electron chi connectivity index (χ1n) is 6.30. The van der Waals surface area contributed by atoms with Gasteiger partial charge in [0, 0.05) is 16.6 Å². The lowest BCUT2D eigenvalue weighted by Crippen LogP contribution is -2.49. The SMILES string of the molecule is CC1=C([N+](=O)[O-])C2=C(C)C3(CC3)C(C)(O)C(=O)C2=C1. The second-order valence-electron chi connectivity index (χ2n) is 5.83. The van der Waals surface area contributed by atoms with Gasteiger partial charge in [-0.3, -0.25) is 14.9 Å². The zero-order valence-electron chi connectivity index (χ0n) is 11.1. The van der Waals surface area contributed by atoms with E-state index in [1.54, 1.807) is 13.8 Å². The third kappa shape index (κ3) is 1.21. The number of rotatable bonds is 1. The molecule has 3 aliphatic rings. The van der Waals surface area contributed by atoms with Gasteiger partial charge in [-0.1, -0.05) is 0 Å². The second-order valence-corrected chi connectivity index (χ2v) is 5.83. The number of hydrogen-bond donors (Lipinski definition) is 1. The molecule has 1 saturated carbocycles. The third-order valence-electron chi connectivity index (χ3n) is 4.88. The van der Waals surface area contributed by atoms with Crippen molar-refractivity contribution in [2.45, 2.75) is 39.2 Å². The van der Waals surface area contributed by atoms with Gasteiger partial charge in [-0.2, -0.15) is 0 Å². The molecule has 0 saturated heterocycles. The van der Waals surface area contributed by atoms with Crippen molar-refractivity contribution in [2.75, 3.05) is 0 Å². The van der Waals surface area contributed by atoms with Gasteiger partial charge < -0.3 is 5.11 Å². The average Bonchev–Trinajstić information content (AvgIpc) is 3.05. The van der Waals surface area contributed by atoms with Gasteiger partial charge in [-0.05, 0) is 45.3 Å². The summed E-state index contributed by atoms with van der Waals surface area (Å²) in [5.74, 6) is -0.387. The van der Waals surface area contributed by atoms with Crippen LogP contribution < -0.4 is 0 Å². The summed E-state index contributed by atoms with van der Waals surface area (Å²) in [7, 11) is 0. The number of ketones is 1. The molecule has 0 heterocycles. The quantitative estimate of drug-likeness (QED) is 0.577. The summed E-state index contributed by atoms with van der Waals surface area (Å²) in [4.78, 5) is 23.2. The Kier molecular flexibility index (Phi) is 2.08. The molecular formula is C14H15NO4. The highest BCUT2D eigenvalue weighted by Crippen LogP contribution is 2.64. The van der Waals surface area contributed by atoms with E-state index >= 15 is 0 Å². The fraction of sp³-hybridized carbons (Fsp3) is 0.500. The lowest BCUT2D eigenvalue weighted by Gasteiger charge is -2.38. The zero-order chi connectivity index (χ0) is 14.2. The fourth-order valence-corrected chi connectivity index (χ4v) is 3.55. The predicted molar refractivity (Wildman–Crippen MR) is 67.8 cm³/mol. The molecule has 0 aromatic carbocycles. The Bertz CT molecular complexity index is 630. The van der Waals surface area contributed by atoms with Crippen LogP contribution in [0.25, 0.3) is 0 Å². The maximum atomic E-state index is 12.4. The van der Waals surface area contributed by atoms with Crippen LogP contribution in [0, 0.1) is 15.5 Å². The van der Waals surface area contributed by atoms with Crippen molar-refractivity contribution < 1.29 is 14.8 Å². The number of nitro groups is 1. The molecule has 1 atom stereocenters. The Hall–Kier alpha value is -1.75. The van der Waals surface area contributed by atoms with Crippen molar-refractivity contribution in [1.29, 1.82) is 0 Å². The number of allylic oxidation sites excluding steroid dienone is 3. The van der Waals surface area contributed by atoms with Gasteiger partial charge in [-0.15, -0.1) is 0 Å². The van der Waals surface area contributed by atoms with Gasteiger partial charge >= 0.3 is 0 Å². The maximum Gasteiger partial charge on any atom is 0.280 e. The van der Waals surface area contributed by atoms with E-state index in [-0.39, 0.29) is 11.5 Å². The minimum Gasteiger partial charge on any atom is -0.381 e. The minimum absolute atomic E-state index is 0.0163. The van der Waals surface area contributed by atoms with Crippen molar-refractivity contribution in [3.8, 4) is 0 Å². The van der Waals surface area contributed by atoms with Crippen molar-refractivity contribution in [3.05, 3.63) is 44.2 Å². The average molecular weight is 261 g/mol. The van der Waals surface area contributed by atoms with Gasteiger partial charge in [0.1, 0.15) is 5.60 Å². The summed E-state index contributed by atoms with van der Waals surface area (Å²) in [6, 6.07) is 0. The van der Waals surface area contributed by atoms with E-state index < -0.39 is 15.9 Å². The topological polar surface area (TPSA) is 80.4 Å². The fourth-order valence-electron chi connectivity index (χ4n) is 3.55. The normalized spacial score (nSPS) is 31.8. The van der Waals surface area contributed by atoms with E-state index in [1.807, 2.05) is 0 Å². The first-order valence-corrected chi connectivity index (χ1v) is 6.30. The van der Waals surface area contributed by atoms with Crippen LogP contribution in [-0.4, -0.2) is 21.4 Å². The maximum absolute atomic E-state index is 12.4. The lowest BCUT2D eigenvalue weighted by molar-refractivity contribution is -0.421. The van der Waals surface area contributed by atoms with E-state index in [0.29, 0.717) is 29.6 Å². The van der Waals surface area contributed by atoms with Crippen LogP contribution in [0.15, 0.2) is 34.1 Å². The largest absolute Gasteiger partial charge is 0.381 e. The van der Waals surface area contributed by atoms with Gasteiger partial charge in [0.2, 0.25) is 0 Å². The zero-order valence-corrected chi connectivity index (χ0v) is 11.1. The molecule has 0 aromatic rings. The van der Waals surface area contributed by atoms with Crippen molar-refractivity contribution in [1.82, 2.24) is 0 Å². The molecule has 5 heteroatoms. The number of fused-ring (bicyclic) bond motifs is 1. The van der Waals surface area contributed by atoms with E-state index in [4.69, 9.17) is 0 Å². The monoisotopic (exact) mass is 261 g/mol. The van der Waals surface area contributed by atoms with E-state index in [2.05, 4.69) is 0 Å². The molecule has 0 amide bonds. The van der Waals surface area contributed by atoms with Crippen LogP contribution in [0.2, 0.25) is 0 Å². The number of aliphatic hydroxyl groups is 1. The first-order chi connectivity index (χ1) is 8.74. The highest BCUT2D eigenvalue weighted by Gasteiger charge is 2.66. The standard InChI is InChI=1S/C14H15NO4/c1-7-6-9-10(11(7)15(18)19)8(2)14(4-5-14)13(3,17)12(9)16/h6,17H,4-5H2,1-3H3. The van der Waals surface area contributed by atoms with Gasteiger partial charge in [-0.25, -0.2) is 0 Å². The third-order valence-corrected chi connectivity index (χ3v) is 4.88. The summed E-state index contributed by atoms with van der Waals surface area (Å²) >= 11 is 0. The molecule has 1 unspecified atom stereocenters. The number of Topliss-reactive ketones (excluding diaryl/α,β-unsaturated/α-hetero) is 1. The van der Waals surface area contributed by atoms with E-state index in [9.17, 15) is 20.0 Å². The predicted octanol–water partition coefficient (Wildman–Crippen LogP) is 1.91. The Morgan fingerprint density at radius 2 is 1.95 bits per heavy atom. The number of hydrogen-bond acceptors (Lipinski definition) is 4. The van der Waals surface area contributed by atoms with Crippen LogP contribution >= 0.6 is 0 Å². The molecule has 19 heavy (non-hydrogen) atoms. The van der Waals surface area contributed by atoms with E-state index in [0.717, 1.165) is 5.57 Å². The Morgan fingerprint density at radius 3 is 2.42 bits per heavy atom. The van der Waals surface area contributed by atoms with Crippen LogP contribution in [0.1, 0.15) is 33.6 Å². The molecule has 3 rings (SSSR count). The smallest absolute Gasteiger partial charge is 0.280 e. The molecule has 1 N–H and O–H groups in total. The molecular weight excluding hydrogens is 246 g/mol. The van der Waals surface area contributed by atoms with Gasteiger partial charge in [0.05, 0.1) is 10.5 Å². The summed E-state index contributed by atoms with van der Waals surface area (Å²) in [6.07, 6.45) is 2.94. The molecule has 0 aromatic heterocycles. The summed E-state index contributed by atoms with van der Waals surface area (Å²) in [6.45, 7) is 4.97. The van der Waals surface area contributed by atoms with Crippen LogP contribution in [-0.2, 0) is 4.79 Å². The highest BCUT2D eigenvalue weighted by atomic mass is 16.6. The van der Waals surface area contributed by atoms with Crippen molar-refractivity contribution in [3.63, 3.8) is 0 Å². The molecule has 5 nitrogen and oxygen atoms in total. The summed E-state index contributed by atoms with van der Waals surface area (Å²) in [5.41, 5.74) is -0.0204. The Morgan fingerprint density at radius 1 is 1.37 bits per heavy atom. The van der Waals surface area contributed by atoms with E-state index in [1.165, 1.54) is 13.0 Å². The molecule has 0 radical (unpaired) electrons. The molecule has 1 fully saturated rings. The molecule has 0 bridgehead atoms. The molecule has 3 aliphatic carbocycles. The number of carbonyl (C=O) groups is 1. The minimum atomic E-state index is -1.45. The summed E-state index contributed by atoms with van der Waals surface area (Å²) < 4.78 is 0. The molecule has 100 valence electrons. The Labute approximate surface area is 110 Å². The Balaban J connectivity index is 2.30.